The van der Waals surface area contributed by atoms with Gasteiger partial charge in [-0.15, -0.1) is 11.3 Å². The van der Waals surface area contributed by atoms with E-state index in [0.29, 0.717) is 11.6 Å². The molecule has 1 fully saturated rings. The van der Waals surface area contributed by atoms with Gasteiger partial charge in [0.25, 0.3) is 0 Å². The number of hydrogen-bond donors (Lipinski definition) is 1. The molecule has 1 aliphatic rings. The Morgan fingerprint density at radius 2 is 2.00 bits per heavy atom. The van der Waals surface area contributed by atoms with Gasteiger partial charge >= 0.3 is 0 Å². The highest BCUT2D eigenvalue weighted by molar-refractivity contribution is 7.13. The number of nitrogens with one attached hydrogen (secondary N) is 1. The second-order valence-corrected chi connectivity index (χ2v) is 8.52. The number of carbonyl (C=O) groups excluding carboxylic acids is 1. The standard InChI is InChI=1S/C22H25ClN4O2S/c23-18-6-4-17(5-7-18)19-16-30-22(25-19)20-3-1-10-27(20)15-21(28)24-8-2-9-26-11-13-29-14-12-26/h1,3-7,10,16H,2,8-9,11-15H2,(H,24,28). The van der Waals surface area contributed by atoms with Crippen molar-refractivity contribution in [2.45, 2.75) is 13.0 Å². The van der Waals surface area contributed by atoms with E-state index in [0.717, 1.165) is 61.2 Å². The Bertz CT molecular complexity index is 964. The Morgan fingerprint density at radius 3 is 2.80 bits per heavy atom. The van der Waals surface area contributed by atoms with Crippen LogP contribution in [0.2, 0.25) is 5.02 Å². The zero-order valence-electron chi connectivity index (χ0n) is 16.7. The molecule has 0 unspecified atom stereocenters. The molecule has 6 nitrogen and oxygen atoms in total. The normalized spacial score (nSPS) is 14.7. The van der Waals surface area contributed by atoms with Crippen LogP contribution in [0.5, 0.6) is 0 Å². The van der Waals surface area contributed by atoms with Crippen LogP contribution in [0.3, 0.4) is 0 Å². The molecule has 4 rings (SSSR count). The number of hydrogen-bond acceptors (Lipinski definition) is 5. The predicted molar refractivity (Wildman–Crippen MR) is 121 cm³/mol. The molecule has 0 radical (unpaired) electrons. The second kappa shape index (κ2) is 10.2. The van der Waals surface area contributed by atoms with Crippen molar-refractivity contribution < 1.29 is 9.53 Å². The van der Waals surface area contributed by atoms with Gasteiger partial charge in [0, 0.05) is 41.8 Å². The van der Waals surface area contributed by atoms with Gasteiger partial charge in [-0.05, 0) is 37.2 Å². The molecule has 2 aromatic heterocycles. The van der Waals surface area contributed by atoms with Crippen LogP contribution in [0.4, 0.5) is 0 Å². The Kier molecular flexibility index (Phi) is 7.17. The minimum Gasteiger partial charge on any atom is -0.379 e. The third kappa shape index (κ3) is 5.49. The van der Waals surface area contributed by atoms with Gasteiger partial charge in [-0.3, -0.25) is 9.69 Å². The van der Waals surface area contributed by atoms with Crippen LogP contribution in [0.25, 0.3) is 22.0 Å². The summed E-state index contributed by atoms with van der Waals surface area (Å²) in [5.41, 5.74) is 2.88. The summed E-state index contributed by atoms with van der Waals surface area (Å²) in [5, 5.41) is 6.66. The van der Waals surface area contributed by atoms with Crippen molar-refractivity contribution >= 4 is 28.8 Å². The molecule has 3 heterocycles. The maximum atomic E-state index is 12.4. The lowest BCUT2D eigenvalue weighted by molar-refractivity contribution is -0.121. The van der Waals surface area contributed by atoms with Gasteiger partial charge in [0.15, 0.2) is 0 Å². The van der Waals surface area contributed by atoms with Crippen LogP contribution in [0, 0.1) is 0 Å². The number of morpholine rings is 1. The van der Waals surface area contributed by atoms with Gasteiger partial charge in [0.1, 0.15) is 11.6 Å². The largest absolute Gasteiger partial charge is 0.379 e. The molecule has 0 aliphatic carbocycles. The third-order valence-corrected chi connectivity index (χ3v) is 6.20. The van der Waals surface area contributed by atoms with Gasteiger partial charge in [-0.2, -0.15) is 0 Å². The first-order valence-corrected chi connectivity index (χ1v) is 11.4. The molecule has 30 heavy (non-hydrogen) atoms. The van der Waals surface area contributed by atoms with Gasteiger partial charge in [0.05, 0.1) is 24.6 Å². The van der Waals surface area contributed by atoms with Crippen molar-refractivity contribution in [2.75, 3.05) is 39.4 Å². The SMILES string of the molecule is O=C(Cn1cccc1-c1nc(-c2ccc(Cl)cc2)cs1)NCCCN1CCOCC1. The fourth-order valence-corrected chi connectivity index (χ4v) is 4.45. The van der Waals surface area contributed by atoms with E-state index in [1.807, 2.05) is 52.5 Å². The maximum absolute atomic E-state index is 12.4. The molecule has 3 aromatic rings. The lowest BCUT2D eigenvalue weighted by Gasteiger charge is -2.26. The summed E-state index contributed by atoms with van der Waals surface area (Å²) in [6.45, 7) is 5.53. The van der Waals surface area contributed by atoms with Crippen LogP contribution >= 0.6 is 22.9 Å². The summed E-state index contributed by atoms with van der Waals surface area (Å²) < 4.78 is 7.30. The number of nitrogens with zero attached hydrogens (tertiary/aromatic N) is 3. The minimum absolute atomic E-state index is 0.0175. The molecule has 0 bridgehead atoms. The molecule has 0 atom stereocenters. The van der Waals surface area contributed by atoms with Crippen molar-refractivity contribution in [3.8, 4) is 22.0 Å². The highest BCUT2D eigenvalue weighted by Crippen LogP contribution is 2.29. The van der Waals surface area contributed by atoms with Crippen LogP contribution in [0.1, 0.15) is 6.42 Å². The average molecular weight is 445 g/mol. The van der Waals surface area contributed by atoms with E-state index in [4.69, 9.17) is 21.3 Å². The van der Waals surface area contributed by atoms with E-state index in [1.165, 1.54) is 0 Å². The smallest absolute Gasteiger partial charge is 0.239 e. The quantitative estimate of drug-likeness (QED) is 0.537. The lowest BCUT2D eigenvalue weighted by atomic mass is 10.2. The summed E-state index contributed by atoms with van der Waals surface area (Å²) in [6.07, 6.45) is 2.87. The van der Waals surface area contributed by atoms with E-state index in [9.17, 15) is 4.79 Å². The number of halogens is 1. The number of benzene rings is 1. The molecular weight excluding hydrogens is 420 g/mol. The number of rotatable bonds is 8. The molecule has 1 amide bonds. The lowest BCUT2D eigenvalue weighted by Crippen LogP contribution is -2.38. The Labute approximate surface area is 185 Å². The molecule has 0 saturated carbocycles. The van der Waals surface area contributed by atoms with Crippen molar-refractivity contribution in [1.82, 2.24) is 19.8 Å². The van der Waals surface area contributed by atoms with Gasteiger partial charge in [0.2, 0.25) is 5.91 Å². The van der Waals surface area contributed by atoms with E-state index >= 15 is 0 Å². The molecule has 1 saturated heterocycles. The van der Waals surface area contributed by atoms with Crippen molar-refractivity contribution in [1.29, 1.82) is 0 Å². The summed E-state index contributed by atoms with van der Waals surface area (Å²) in [6, 6.07) is 11.6. The fourth-order valence-electron chi connectivity index (χ4n) is 3.46. The van der Waals surface area contributed by atoms with Crippen LogP contribution in [0.15, 0.2) is 48.0 Å². The number of ether oxygens (including phenoxy) is 1. The highest BCUT2D eigenvalue weighted by Gasteiger charge is 2.13. The van der Waals surface area contributed by atoms with Gasteiger partial charge in [-0.1, -0.05) is 23.7 Å². The van der Waals surface area contributed by atoms with E-state index in [2.05, 4.69) is 10.2 Å². The molecule has 1 N–H and O–H groups in total. The predicted octanol–water partition coefficient (Wildman–Crippen LogP) is 3.77. The third-order valence-electron chi connectivity index (χ3n) is 5.08. The topological polar surface area (TPSA) is 59.4 Å². The average Bonchev–Trinajstić information content (AvgIpc) is 3.42. The summed E-state index contributed by atoms with van der Waals surface area (Å²) in [7, 11) is 0. The van der Waals surface area contributed by atoms with E-state index < -0.39 is 0 Å². The number of aromatic nitrogens is 2. The maximum Gasteiger partial charge on any atom is 0.239 e. The van der Waals surface area contributed by atoms with Gasteiger partial charge < -0.3 is 14.6 Å². The highest BCUT2D eigenvalue weighted by atomic mass is 35.5. The van der Waals surface area contributed by atoms with Crippen LogP contribution in [-0.2, 0) is 16.1 Å². The summed E-state index contributed by atoms with van der Waals surface area (Å²) in [5.74, 6) is 0.0175. The molecule has 0 spiro atoms. The Morgan fingerprint density at radius 1 is 1.20 bits per heavy atom. The Hall–Kier alpha value is -2.19. The molecule has 1 aromatic carbocycles. The first-order valence-electron chi connectivity index (χ1n) is 10.1. The van der Waals surface area contributed by atoms with Crippen molar-refractivity contribution in [3.63, 3.8) is 0 Å². The van der Waals surface area contributed by atoms with Crippen LogP contribution < -0.4 is 5.32 Å². The van der Waals surface area contributed by atoms with E-state index in [-0.39, 0.29) is 12.5 Å². The number of amides is 1. The Balaban J connectivity index is 1.31. The van der Waals surface area contributed by atoms with E-state index in [1.54, 1.807) is 11.3 Å². The molecule has 1 aliphatic heterocycles. The molecule has 158 valence electrons. The molecular formula is C22H25ClN4O2S. The zero-order chi connectivity index (χ0) is 20.8. The first kappa shape index (κ1) is 21.1. The van der Waals surface area contributed by atoms with Crippen molar-refractivity contribution in [3.05, 3.63) is 53.0 Å². The zero-order valence-corrected chi connectivity index (χ0v) is 18.3. The summed E-state index contributed by atoms with van der Waals surface area (Å²) >= 11 is 7.55. The number of thiazole rings is 1. The second-order valence-electron chi connectivity index (χ2n) is 7.22. The van der Waals surface area contributed by atoms with Crippen molar-refractivity contribution in [2.24, 2.45) is 0 Å². The van der Waals surface area contributed by atoms with Gasteiger partial charge in [-0.25, -0.2) is 4.98 Å². The first-order chi connectivity index (χ1) is 14.7. The monoisotopic (exact) mass is 444 g/mol. The van der Waals surface area contributed by atoms with Crippen LogP contribution in [-0.4, -0.2) is 59.8 Å². The minimum atomic E-state index is 0.0175. The molecule has 8 heteroatoms. The summed E-state index contributed by atoms with van der Waals surface area (Å²) in [4.78, 5) is 19.5. The fraction of sp³-hybridized carbons (Fsp3) is 0.364. The number of carbonyl (C=O) groups is 1.